The van der Waals surface area contributed by atoms with Crippen LogP contribution < -0.4 is 9.62 Å². The summed E-state index contributed by atoms with van der Waals surface area (Å²) in [4.78, 5) is 27.9. The third kappa shape index (κ3) is 8.48. The highest BCUT2D eigenvalue weighted by atomic mass is 79.9. The third-order valence-electron chi connectivity index (χ3n) is 6.42. The number of benzene rings is 3. The standard InChI is InChI=1S/C29H30BrClF3N3O4S/c1-3-4-16-35-28(39)20(2)36(18-21-10-13-23(30)14-11-21)27(38)19-37(42(40,41)24-8-6-5-7-9-24)26-17-22(29(32,33)34)12-15-25(26)31/h5-15,17,20H,3-4,16,18-19H2,1-2H3,(H,35,39)/t20-/m1/s1. The zero-order valence-corrected chi connectivity index (χ0v) is 26.0. The van der Waals surface area contributed by atoms with Crippen molar-refractivity contribution in [1.82, 2.24) is 10.2 Å². The number of anilines is 1. The van der Waals surface area contributed by atoms with Crippen LogP contribution in [0.5, 0.6) is 0 Å². The van der Waals surface area contributed by atoms with E-state index in [2.05, 4.69) is 21.2 Å². The van der Waals surface area contributed by atoms with E-state index in [0.717, 1.165) is 29.4 Å². The zero-order valence-electron chi connectivity index (χ0n) is 22.9. The summed E-state index contributed by atoms with van der Waals surface area (Å²) in [5, 5.41) is 2.46. The molecule has 7 nitrogen and oxygen atoms in total. The first-order valence-electron chi connectivity index (χ1n) is 13.0. The first-order valence-corrected chi connectivity index (χ1v) is 15.6. The Labute approximate surface area is 256 Å². The van der Waals surface area contributed by atoms with Crippen molar-refractivity contribution in [3.63, 3.8) is 0 Å². The van der Waals surface area contributed by atoms with Gasteiger partial charge in [-0.05, 0) is 61.4 Å². The average molecular weight is 689 g/mol. The number of rotatable bonds is 12. The van der Waals surface area contributed by atoms with Gasteiger partial charge in [-0.15, -0.1) is 0 Å². The SMILES string of the molecule is CCCCNC(=O)[C@@H](C)N(Cc1ccc(Br)cc1)C(=O)CN(c1cc(C(F)(F)F)ccc1Cl)S(=O)(=O)c1ccccc1. The molecule has 0 fully saturated rings. The Balaban J connectivity index is 2.09. The van der Waals surface area contributed by atoms with Crippen molar-refractivity contribution in [2.45, 2.75) is 50.3 Å². The van der Waals surface area contributed by atoms with E-state index in [-0.39, 0.29) is 16.5 Å². The van der Waals surface area contributed by atoms with Crippen LogP contribution in [0.3, 0.4) is 0 Å². The Hall–Kier alpha value is -3.09. The molecule has 1 N–H and O–H groups in total. The Morgan fingerprint density at radius 2 is 1.67 bits per heavy atom. The summed E-state index contributed by atoms with van der Waals surface area (Å²) in [7, 11) is -4.58. The maximum Gasteiger partial charge on any atom is 0.416 e. The van der Waals surface area contributed by atoms with E-state index in [4.69, 9.17) is 11.6 Å². The lowest BCUT2D eigenvalue weighted by Gasteiger charge is -2.32. The van der Waals surface area contributed by atoms with Crippen LogP contribution in [-0.4, -0.2) is 44.3 Å². The molecule has 2 amide bonds. The monoisotopic (exact) mass is 687 g/mol. The van der Waals surface area contributed by atoms with Crippen LogP contribution in [0.2, 0.25) is 5.02 Å². The quantitative estimate of drug-likeness (QED) is 0.216. The Morgan fingerprint density at radius 1 is 1.02 bits per heavy atom. The normalized spacial score (nSPS) is 12.5. The highest BCUT2D eigenvalue weighted by Crippen LogP contribution is 2.37. The first-order chi connectivity index (χ1) is 19.8. The molecule has 0 spiro atoms. The molecule has 0 aliphatic carbocycles. The van der Waals surface area contributed by atoms with Gasteiger partial charge < -0.3 is 10.2 Å². The summed E-state index contributed by atoms with van der Waals surface area (Å²) in [5.41, 5.74) is -1.01. The summed E-state index contributed by atoms with van der Waals surface area (Å²) in [6, 6.07) is 15.2. The van der Waals surface area contributed by atoms with Crippen molar-refractivity contribution in [3.05, 3.63) is 93.4 Å². The number of hydrogen-bond acceptors (Lipinski definition) is 4. The molecule has 0 radical (unpaired) electrons. The van der Waals surface area contributed by atoms with Gasteiger partial charge in [-0.25, -0.2) is 8.42 Å². The number of carbonyl (C=O) groups excluding carboxylic acids is 2. The zero-order chi connectivity index (χ0) is 31.1. The number of nitrogens with zero attached hydrogens (tertiary/aromatic N) is 2. The maximum atomic E-state index is 13.9. The highest BCUT2D eigenvalue weighted by molar-refractivity contribution is 9.10. The van der Waals surface area contributed by atoms with Gasteiger partial charge in [0.25, 0.3) is 10.0 Å². The molecule has 1 atom stereocenters. The predicted octanol–water partition coefficient (Wildman–Crippen LogP) is 6.65. The summed E-state index contributed by atoms with van der Waals surface area (Å²) in [6.07, 6.45) is -3.25. The molecule has 42 heavy (non-hydrogen) atoms. The molecule has 3 aromatic rings. The van der Waals surface area contributed by atoms with Gasteiger partial charge in [-0.2, -0.15) is 13.2 Å². The van der Waals surface area contributed by atoms with Crippen molar-refractivity contribution in [2.24, 2.45) is 0 Å². The third-order valence-corrected chi connectivity index (χ3v) is 9.04. The molecule has 3 rings (SSSR count). The van der Waals surface area contributed by atoms with Gasteiger partial charge >= 0.3 is 6.18 Å². The lowest BCUT2D eigenvalue weighted by Crippen LogP contribution is -2.51. The fourth-order valence-corrected chi connectivity index (χ4v) is 6.00. The topological polar surface area (TPSA) is 86.8 Å². The minimum atomic E-state index is -4.80. The second kappa shape index (κ2) is 14.4. The Morgan fingerprint density at radius 3 is 2.26 bits per heavy atom. The van der Waals surface area contributed by atoms with Gasteiger partial charge in [0.05, 0.1) is 21.2 Å². The molecule has 0 aliphatic heterocycles. The molecule has 0 aliphatic rings. The number of unbranched alkanes of at least 4 members (excludes halogenated alkanes) is 1. The summed E-state index contributed by atoms with van der Waals surface area (Å²) >= 11 is 9.61. The molecule has 3 aromatic carbocycles. The minimum absolute atomic E-state index is 0.0655. The largest absolute Gasteiger partial charge is 0.416 e. The van der Waals surface area contributed by atoms with Crippen LogP contribution in [0.4, 0.5) is 18.9 Å². The van der Waals surface area contributed by atoms with Gasteiger partial charge in [0.15, 0.2) is 0 Å². The summed E-state index contributed by atoms with van der Waals surface area (Å²) in [5.74, 6) is -1.27. The molecule has 0 unspecified atom stereocenters. The number of sulfonamides is 1. The smallest absolute Gasteiger partial charge is 0.354 e. The Bertz CT molecular complexity index is 1490. The first kappa shape index (κ1) is 33.4. The maximum absolute atomic E-state index is 13.9. The van der Waals surface area contributed by atoms with Crippen molar-refractivity contribution < 1.29 is 31.2 Å². The molecule has 0 aromatic heterocycles. The van der Waals surface area contributed by atoms with Gasteiger partial charge in [-0.3, -0.25) is 13.9 Å². The van der Waals surface area contributed by atoms with Crippen molar-refractivity contribution in [3.8, 4) is 0 Å². The minimum Gasteiger partial charge on any atom is -0.354 e. The van der Waals surface area contributed by atoms with Crippen LogP contribution in [-0.2, 0) is 32.3 Å². The lowest BCUT2D eigenvalue weighted by atomic mass is 10.1. The molecule has 13 heteroatoms. The molecular formula is C29H30BrClF3N3O4S. The number of halogens is 5. The second-order valence-electron chi connectivity index (χ2n) is 9.46. The van der Waals surface area contributed by atoms with E-state index in [9.17, 15) is 31.2 Å². The second-order valence-corrected chi connectivity index (χ2v) is 12.6. The van der Waals surface area contributed by atoms with Gasteiger partial charge in [0.2, 0.25) is 11.8 Å². The van der Waals surface area contributed by atoms with Gasteiger partial charge in [-0.1, -0.05) is 71.2 Å². The molecule has 0 bridgehead atoms. The number of carbonyl (C=O) groups is 2. The van der Waals surface area contributed by atoms with E-state index in [1.54, 1.807) is 30.3 Å². The Kier molecular flexibility index (Phi) is 11.4. The average Bonchev–Trinajstić information content (AvgIpc) is 2.95. The van der Waals surface area contributed by atoms with Crippen LogP contribution in [0, 0.1) is 0 Å². The van der Waals surface area contributed by atoms with E-state index < -0.39 is 51.9 Å². The van der Waals surface area contributed by atoms with Crippen LogP contribution in [0.1, 0.15) is 37.8 Å². The van der Waals surface area contributed by atoms with Crippen LogP contribution >= 0.6 is 27.5 Å². The molecular weight excluding hydrogens is 659 g/mol. The van der Waals surface area contributed by atoms with Crippen LogP contribution in [0.15, 0.2) is 82.2 Å². The molecule has 0 saturated heterocycles. The summed E-state index contributed by atoms with van der Waals surface area (Å²) in [6.45, 7) is 2.87. The lowest BCUT2D eigenvalue weighted by molar-refractivity contribution is -0.139. The van der Waals surface area contributed by atoms with Gasteiger partial charge in [0.1, 0.15) is 12.6 Å². The summed E-state index contributed by atoms with van der Waals surface area (Å²) < 4.78 is 69.9. The molecule has 0 saturated carbocycles. The van der Waals surface area contributed by atoms with Crippen molar-refractivity contribution in [1.29, 1.82) is 0 Å². The molecule has 226 valence electrons. The highest BCUT2D eigenvalue weighted by Gasteiger charge is 2.36. The van der Waals surface area contributed by atoms with E-state index in [1.807, 2.05) is 6.92 Å². The number of nitrogens with one attached hydrogen (secondary N) is 1. The van der Waals surface area contributed by atoms with E-state index in [1.165, 1.54) is 36.1 Å². The number of hydrogen-bond donors (Lipinski definition) is 1. The van der Waals surface area contributed by atoms with Gasteiger partial charge in [0, 0.05) is 17.6 Å². The number of amides is 2. The predicted molar refractivity (Wildman–Crippen MR) is 159 cm³/mol. The van der Waals surface area contributed by atoms with Crippen LogP contribution in [0.25, 0.3) is 0 Å². The number of alkyl halides is 3. The van der Waals surface area contributed by atoms with E-state index in [0.29, 0.717) is 22.5 Å². The van der Waals surface area contributed by atoms with Crippen molar-refractivity contribution >= 4 is 55.1 Å². The fourth-order valence-electron chi connectivity index (χ4n) is 4.02. The molecule has 0 heterocycles. The van der Waals surface area contributed by atoms with E-state index >= 15 is 0 Å². The van der Waals surface area contributed by atoms with Crippen molar-refractivity contribution in [2.75, 3.05) is 17.4 Å². The fraction of sp³-hybridized carbons (Fsp3) is 0.310.